The molecule has 3 N–H and O–H groups in total. The van der Waals surface area contributed by atoms with Crippen LogP contribution in [0, 0.1) is 0 Å². The third kappa shape index (κ3) is 4.22. The first kappa shape index (κ1) is 25.6. The highest BCUT2D eigenvalue weighted by molar-refractivity contribution is 6.36. The Morgan fingerprint density at radius 3 is 2.10 bits per heavy atom. The van der Waals surface area contributed by atoms with E-state index in [1.807, 2.05) is 48.5 Å². The molecule has 0 fully saturated rings. The molecule has 0 saturated carbocycles. The van der Waals surface area contributed by atoms with E-state index in [4.69, 9.17) is 9.47 Å². The summed E-state index contributed by atoms with van der Waals surface area (Å²) >= 11 is 0. The van der Waals surface area contributed by atoms with Gasteiger partial charge in [-0.05, 0) is 24.3 Å². The fraction of sp³-hybridized carbons (Fsp3) is 0.0606. The number of aromatic amines is 1. The Labute approximate surface area is 233 Å². The molecule has 8 heteroatoms. The zero-order valence-electron chi connectivity index (χ0n) is 22.1. The number of amides is 1. The predicted octanol–water partition coefficient (Wildman–Crippen LogP) is 5.89. The molecule has 0 atom stereocenters. The van der Waals surface area contributed by atoms with E-state index in [1.165, 1.54) is 25.3 Å². The number of allylic oxidation sites excluding steroid dienone is 4. The van der Waals surface area contributed by atoms with Gasteiger partial charge in [-0.1, -0.05) is 66.8 Å². The lowest BCUT2D eigenvalue weighted by atomic mass is 9.92. The van der Waals surface area contributed by atoms with Crippen molar-refractivity contribution in [3.05, 3.63) is 112 Å². The number of Topliss-reactive ketones (excluding diaryl/α,β-unsaturated/α-hetero) is 1. The van der Waals surface area contributed by atoms with Crippen molar-refractivity contribution in [2.24, 2.45) is 0 Å². The number of carbonyl (C=O) groups is 2. The third-order valence-corrected chi connectivity index (χ3v) is 7.17. The van der Waals surface area contributed by atoms with Crippen LogP contribution in [0.2, 0.25) is 0 Å². The number of ketones is 1. The molecule has 41 heavy (non-hydrogen) atoms. The van der Waals surface area contributed by atoms with Gasteiger partial charge >= 0.3 is 0 Å². The molecular weight excluding hydrogens is 520 g/mol. The van der Waals surface area contributed by atoms with Crippen molar-refractivity contribution in [1.82, 2.24) is 4.98 Å². The highest BCUT2D eigenvalue weighted by atomic mass is 16.5. The quantitative estimate of drug-likeness (QED) is 0.110. The fourth-order valence-corrected chi connectivity index (χ4v) is 5.19. The van der Waals surface area contributed by atoms with Gasteiger partial charge in [0.1, 0.15) is 17.2 Å². The van der Waals surface area contributed by atoms with Gasteiger partial charge in [0.2, 0.25) is 5.78 Å². The van der Waals surface area contributed by atoms with E-state index in [9.17, 15) is 19.5 Å². The topological polar surface area (TPSA) is 118 Å². The zero-order chi connectivity index (χ0) is 28.7. The van der Waals surface area contributed by atoms with Gasteiger partial charge < -0.3 is 24.9 Å². The molecule has 8 nitrogen and oxygen atoms in total. The average molecular weight is 545 g/mol. The number of hydrogen-bond acceptors (Lipinski definition) is 6. The van der Waals surface area contributed by atoms with Crippen molar-refractivity contribution < 1.29 is 24.2 Å². The van der Waals surface area contributed by atoms with E-state index >= 15 is 0 Å². The highest BCUT2D eigenvalue weighted by Gasteiger charge is 2.30. The van der Waals surface area contributed by atoms with Crippen LogP contribution in [0.5, 0.6) is 17.2 Å². The van der Waals surface area contributed by atoms with Crippen LogP contribution in [0.1, 0.15) is 15.9 Å². The number of H-pyrrole nitrogens is 1. The number of methoxy groups -OCH3 is 2. The maximum atomic E-state index is 13.3. The summed E-state index contributed by atoms with van der Waals surface area (Å²) < 4.78 is 11.0. The van der Waals surface area contributed by atoms with Crippen LogP contribution < -0.4 is 20.3 Å². The summed E-state index contributed by atoms with van der Waals surface area (Å²) in [5, 5.41) is 17.3. The molecule has 0 saturated heterocycles. The number of anilines is 1. The van der Waals surface area contributed by atoms with Crippen molar-refractivity contribution in [3.63, 3.8) is 0 Å². The Kier molecular flexibility index (Phi) is 6.35. The minimum Gasteiger partial charge on any atom is -0.506 e. The molecule has 6 rings (SSSR count). The number of benzene rings is 4. The first-order valence-corrected chi connectivity index (χ1v) is 12.8. The average Bonchev–Trinajstić information content (AvgIpc) is 2.99. The van der Waals surface area contributed by atoms with Gasteiger partial charge in [-0.15, -0.1) is 0 Å². The second-order valence-corrected chi connectivity index (χ2v) is 9.42. The molecule has 1 aliphatic heterocycles. The van der Waals surface area contributed by atoms with E-state index in [2.05, 4.69) is 10.3 Å². The molecule has 202 valence electrons. The number of pyridine rings is 1. The van der Waals surface area contributed by atoms with Crippen molar-refractivity contribution in [2.75, 3.05) is 19.5 Å². The van der Waals surface area contributed by atoms with Crippen LogP contribution in [-0.4, -0.2) is 36.0 Å². The van der Waals surface area contributed by atoms with Crippen molar-refractivity contribution in [2.45, 2.75) is 0 Å². The van der Waals surface area contributed by atoms with Crippen LogP contribution in [0.4, 0.5) is 5.69 Å². The lowest BCUT2D eigenvalue weighted by molar-refractivity contribution is -0.112. The molecule has 1 amide bonds. The van der Waals surface area contributed by atoms with E-state index in [-0.39, 0.29) is 16.9 Å². The lowest BCUT2D eigenvalue weighted by Crippen LogP contribution is -2.27. The summed E-state index contributed by atoms with van der Waals surface area (Å²) in [4.78, 5) is 41.8. The molecule has 5 aromatic rings. The van der Waals surface area contributed by atoms with E-state index in [1.54, 1.807) is 31.4 Å². The molecule has 2 heterocycles. The standard InChI is InChI=1S/C33H24N2O6/c1-40-26-16-24-28(20-12-8-6-10-18(20)26)34-32(38)22(30(24)36)14-4-3-5-15-23-31(37)25-17-27(41-2)19-11-7-9-13-21(19)29(25)35-33(23)39/h3-17H,1-2H3,(H,34,38)(H2,35,37,39). The second kappa shape index (κ2) is 10.2. The lowest BCUT2D eigenvalue weighted by Gasteiger charge is -2.21. The predicted molar refractivity (Wildman–Crippen MR) is 160 cm³/mol. The Bertz CT molecular complexity index is 2070. The molecule has 1 aliphatic rings. The van der Waals surface area contributed by atoms with Crippen LogP contribution in [0.15, 0.2) is 95.3 Å². The number of fused-ring (bicyclic) bond motifs is 6. The SMILES string of the molecule is COc1cc2c(c3ccccc13)NC(=O)C(=CC=CC=Cc1c(O)c3cc(OC)c4ccccc4c3[nH]c1=O)C2=O. The van der Waals surface area contributed by atoms with E-state index in [0.717, 1.165) is 16.2 Å². The number of aromatic nitrogens is 1. The molecule has 0 unspecified atom stereocenters. The molecule has 4 aromatic carbocycles. The second-order valence-electron chi connectivity index (χ2n) is 9.42. The van der Waals surface area contributed by atoms with Crippen LogP contribution in [-0.2, 0) is 4.79 Å². The van der Waals surface area contributed by atoms with Gasteiger partial charge in [-0.2, -0.15) is 0 Å². The summed E-state index contributed by atoms with van der Waals surface area (Å²) in [5.74, 6) is -0.0230. The molecule has 0 bridgehead atoms. The summed E-state index contributed by atoms with van der Waals surface area (Å²) in [5.41, 5.74) is 0.857. The van der Waals surface area contributed by atoms with Crippen LogP contribution in [0.3, 0.4) is 0 Å². The van der Waals surface area contributed by atoms with Gasteiger partial charge in [0.15, 0.2) is 0 Å². The number of rotatable bonds is 5. The molecular formula is C33H24N2O6. The Hall–Kier alpha value is -5.63. The summed E-state index contributed by atoms with van der Waals surface area (Å²) in [7, 11) is 3.08. The van der Waals surface area contributed by atoms with E-state index in [0.29, 0.717) is 39.0 Å². The summed E-state index contributed by atoms with van der Waals surface area (Å²) in [6.45, 7) is 0. The maximum Gasteiger partial charge on any atom is 0.259 e. The maximum absolute atomic E-state index is 13.3. The number of nitrogens with one attached hydrogen (secondary N) is 2. The molecule has 0 radical (unpaired) electrons. The van der Waals surface area contributed by atoms with Crippen molar-refractivity contribution in [1.29, 1.82) is 0 Å². The number of aromatic hydroxyl groups is 1. The number of hydrogen-bond donors (Lipinski definition) is 3. The Morgan fingerprint density at radius 1 is 0.756 bits per heavy atom. The van der Waals surface area contributed by atoms with Gasteiger partial charge in [0.25, 0.3) is 11.5 Å². The number of ether oxygens (including phenoxy) is 2. The third-order valence-electron chi connectivity index (χ3n) is 7.17. The summed E-state index contributed by atoms with van der Waals surface area (Å²) in [6, 6.07) is 18.1. The van der Waals surface area contributed by atoms with Crippen molar-refractivity contribution >= 4 is 55.9 Å². The monoisotopic (exact) mass is 544 g/mol. The Balaban J connectivity index is 1.32. The zero-order valence-corrected chi connectivity index (χ0v) is 22.1. The molecule has 0 spiro atoms. The van der Waals surface area contributed by atoms with Crippen LogP contribution >= 0.6 is 0 Å². The van der Waals surface area contributed by atoms with Gasteiger partial charge in [-0.3, -0.25) is 14.4 Å². The summed E-state index contributed by atoms with van der Waals surface area (Å²) in [6.07, 6.45) is 7.50. The Morgan fingerprint density at radius 2 is 1.39 bits per heavy atom. The van der Waals surface area contributed by atoms with Gasteiger partial charge in [0, 0.05) is 26.9 Å². The fourth-order valence-electron chi connectivity index (χ4n) is 5.19. The van der Waals surface area contributed by atoms with Crippen LogP contribution in [0.25, 0.3) is 38.5 Å². The highest BCUT2D eigenvalue weighted by Crippen LogP contribution is 2.39. The van der Waals surface area contributed by atoms with E-state index < -0.39 is 17.2 Å². The number of carbonyl (C=O) groups excluding carboxylic acids is 2. The van der Waals surface area contributed by atoms with Crippen molar-refractivity contribution in [3.8, 4) is 17.2 Å². The minimum atomic E-state index is -0.517. The first-order chi connectivity index (χ1) is 19.9. The minimum absolute atomic E-state index is 0.0372. The molecule has 1 aromatic heterocycles. The van der Waals surface area contributed by atoms with Gasteiger partial charge in [0.05, 0.1) is 42.1 Å². The largest absolute Gasteiger partial charge is 0.506 e. The van der Waals surface area contributed by atoms with Gasteiger partial charge in [-0.25, -0.2) is 0 Å². The normalized spacial score (nSPS) is 14.4. The molecule has 0 aliphatic carbocycles. The first-order valence-electron chi connectivity index (χ1n) is 12.8. The smallest absolute Gasteiger partial charge is 0.259 e.